The van der Waals surface area contributed by atoms with Gasteiger partial charge >= 0.3 is 0 Å². The Kier molecular flexibility index (Phi) is 3.55. The molecule has 1 aliphatic rings. The second kappa shape index (κ2) is 4.94. The van der Waals surface area contributed by atoms with E-state index in [4.69, 9.17) is 4.42 Å². The van der Waals surface area contributed by atoms with Crippen molar-refractivity contribution in [3.63, 3.8) is 0 Å². The molecular weight excluding hydrogens is 214 g/mol. The van der Waals surface area contributed by atoms with Crippen LogP contribution in [0.3, 0.4) is 0 Å². The van der Waals surface area contributed by atoms with Crippen molar-refractivity contribution in [2.75, 3.05) is 11.9 Å². The Balaban J connectivity index is 2.03. The number of Topliss-reactive ketones (excluding diaryl/α,β-unsaturated/α-hetero) is 1. The summed E-state index contributed by atoms with van der Waals surface area (Å²) in [6.45, 7) is 3.85. The topological polar surface area (TPSA) is 33.5 Å². The monoisotopic (exact) mass is 235 g/mol. The summed E-state index contributed by atoms with van der Waals surface area (Å²) >= 11 is 0. The molecule has 0 amide bonds. The van der Waals surface area contributed by atoms with Gasteiger partial charge in [-0.1, -0.05) is 6.92 Å². The Morgan fingerprint density at radius 2 is 1.94 bits per heavy atom. The molecule has 0 saturated heterocycles. The molecule has 1 aromatic rings. The maximum absolute atomic E-state index is 11.2. The van der Waals surface area contributed by atoms with Gasteiger partial charge in [0.25, 0.3) is 0 Å². The normalized spacial score (nSPS) is 24.6. The Hall–Kier alpha value is -1.25. The van der Waals surface area contributed by atoms with E-state index < -0.39 is 0 Å². The van der Waals surface area contributed by atoms with Gasteiger partial charge in [0.05, 0.1) is 0 Å². The van der Waals surface area contributed by atoms with E-state index >= 15 is 0 Å². The Morgan fingerprint density at radius 1 is 1.29 bits per heavy atom. The van der Waals surface area contributed by atoms with Crippen molar-refractivity contribution in [2.45, 2.75) is 45.6 Å². The fourth-order valence-electron chi connectivity index (χ4n) is 2.52. The molecule has 0 unspecified atom stereocenters. The van der Waals surface area contributed by atoms with Crippen LogP contribution in [0.1, 0.15) is 50.1 Å². The first kappa shape index (κ1) is 12.2. The van der Waals surface area contributed by atoms with Gasteiger partial charge in [0.2, 0.25) is 0 Å². The summed E-state index contributed by atoms with van der Waals surface area (Å²) in [6.07, 6.45) is 5.01. The number of anilines is 1. The molecule has 17 heavy (non-hydrogen) atoms. The average Bonchev–Trinajstić information content (AvgIpc) is 2.78. The fraction of sp³-hybridized carbons (Fsp3) is 0.643. The van der Waals surface area contributed by atoms with Crippen LogP contribution in [0.15, 0.2) is 16.5 Å². The fourth-order valence-corrected chi connectivity index (χ4v) is 2.52. The third-order valence-corrected chi connectivity index (χ3v) is 3.82. The molecule has 1 aliphatic carbocycles. The highest BCUT2D eigenvalue weighted by atomic mass is 16.4. The van der Waals surface area contributed by atoms with E-state index in [1.165, 1.54) is 32.6 Å². The third-order valence-electron chi connectivity index (χ3n) is 3.82. The zero-order chi connectivity index (χ0) is 12.4. The van der Waals surface area contributed by atoms with Crippen molar-refractivity contribution >= 4 is 11.7 Å². The van der Waals surface area contributed by atoms with E-state index in [9.17, 15) is 4.79 Å². The molecule has 0 atom stereocenters. The van der Waals surface area contributed by atoms with E-state index in [-0.39, 0.29) is 5.78 Å². The molecule has 1 aromatic heterocycles. The highest BCUT2D eigenvalue weighted by Crippen LogP contribution is 2.30. The van der Waals surface area contributed by atoms with Gasteiger partial charge in [0, 0.05) is 26.1 Å². The standard InChI is InChI=1S/C14H21NO2/c1-10-4-6-12(7-5-10)15(3)14-9-8-13(17-14)11(2)16/h8-10,12H,4-7H2,1-3H3. The summed E-state index contributed by atoms with van der Waals surface area (Å²) in [7, 11) is 2.06. The molecule has 2 rings (SSSR count). The molecule has 0 aromatic carbocycles. The lowest BCUT2D eigenvalue weighted by atomic mass is 9.87. The third kappa shape index (κ3) is 2.71. The van der Waals surface area contributed by atoms with Gasteiger partial charge in [-0.2, -0.15) is 0 Å². The summed E-state index contributed by atoms with van der Waals surface area (Å²) in [6, 6.07) is 4.21. The number of carbonyl (C=O) groups is 1. The van der Waals surface area contributed by atoms with Crippen LogP contribution < -0.4 is 4.90 Å². The quantitative estimate of drug-likeness (QED) is 0.752. The van der Waals surface area contributed by atoms with Gasteiger partial charge in [-0.15, -0.1) is 0 Å². The Labute approximate surface area is 103 Å². The molecule has 0 aliphatic heterocycles. The van der Waals surface area contributed by atoms with E-state index in [1.54, 1.807) is 6.07 Å². The molecule has 1 heterocycles. The molecule has 0 radical (unpaired) electrons. The van der Waals surface area contributed by atoms with Crippen LogP contribution in [0, 0.1) is 5.92 Å². The molecule has 3 heteroatoms. The molecule has 94 valence electrons. The number of hydrogen-bond acceptors (Lipinski definition) is 3. The number of carbonyl (C=O) groups excluding carboxylic acids is 1. The lowest BCUT2D eigenvalue weighted by Crippen LogP contribution is -2.34. The van der Waals surface area contributed by atoms with E-state index in [0.29, 0.717) is 11.8 Å². The van der Waals surface area contributed by atoms with Crippen LogP contribution in [-0.4, -0.2) is 18.9 Å². The minimum Gasteiger partial charge on any atom is -0.437 e. The second-order valence-electron chi connectivity index (χ2n) is 5.22. The lowest BCUT2D eigenvalue weighted by Gasteiger charge is -2.33. The highest BCUT2D eigenvalue weighted by Gasteiger charge is 2.23. The number of furan rings is 1. The van der Waals surface area contributed by atoms with Crippen molar-refractivity contribution in [3.05, 3.63) is 17.9 Å². The molecular formula is C14H21NO2. The predicted molar refractivity (Wildman–Crippen MR) is 68.5 cm³/mol. The minimum atomic E-state index is -0.0121. The molecule has 3 nitrogen and oxygen atoms in total. The van der Waals surface area contributed by atoms with Crippen LogP contribution in [-0.2, 0) is 0 Å². The summed E-state index contributed by atoms with van der Waals surface area (Å²) in [4.78, 5) is 13.4. The molecule has 1 fully saturated rings. The van der Waals surface area contributed by atoms with Crippen LogP contribution >= 0.6 is 0 Å². The van der Waals surface area contributed by atoms with Crippen molar-refractivity contribution < 1.29 is 9.21 Å². The number of ketones is 1. The number of nitrogens with zero attached hydrogens (tertiary/aromatic N) is 1. The van der Waals surface area contributed by atoms with Crippen LogP contribution in [0.2, 0.25) is 0 Å². The summed E-state index contributed by atoms with van der Waals surface area (Å²) in [5, 5.41) is 0. The van der Waals surface area contributed by atoms with Gasteiger partial charge in [-0.25, -0.2) is 0 Å². The van der Waals surface area contributed by atoms with Crippen molar-refractivity contribution in [2.24, 2.45) is 5.92 Å². The van der Waals surface area contributed by atoms with Gasteiger partial charge in [-0.3, -0.25) is 4.79 Å². The number of hydrogen-bond donors (Lipinski definition) is 0. The highest BCUT2D eigenvalue weighted by molar-refractivity contribution is 5.91. The maximum atomic E-state index is 11.2. The Bertz CT molecular complexity index is 389. The van der Waals surface area contributed by atoms with Gasteiger partial charge in [-0.05, 0) is 37.7 Å². The first-order valence-corrected chi connectivity index (χ1v) is 6.41. The average molecular weight is 235 g/mol. The van der Waals surface area contributed by atoms with Gasteiger partial charge in [0.15, 0.2) is 17.4 Å². The van der Waals surface area contributed by atoms with E-state index in [0.717, 1.165) is 11.8 Å². The Morgan fingerprint density at radius 3 is 2.47 bits per heavy atom. The first-order valence-electron chi connectivity index (χ1n) is 6.41. The number of rotatable bonds is 3. The predicted octanol–water partition coefficient (Wildman–Crippen LogP) is 3.50. The SMILES string of the molecule is CC(=O)c1ccc(N(C)C2CCC(C)CC2)o1. The van der Waals surface area contributed by atoms with Crippen molar-refractivity contribution in [1.82, 2.24) is 0 Å². The van der Waals surface area contributed by atoms with Gasteiger partial charge in [0.1, 0.15) is 0 Å². The van der Waals surface area contributed by atoms with Crippen molar-refractivity contribution in [1.29, 1.82) is 0 Å². The molecule has 0 bridgehead atoms. The van der Waals surface area contributed by atoms with Crippen LogP contribution in [0.25, 0.3) is 0 Å². The largest absolute Gasteiger partial charge is 0.437 e. The first-order chi connectivity index (χ1) is 8.08. The van der Waals surface area contributed by atoms with E-state index in [2.05, 4.69) is 18.9 Å². The zero-order valence-corrected chi connectivity index (χ0v) is 10.9. The summed E-state index contributed by atoms with van der Waals surface area (Å²) < 4.78 is 5.56. The van der Waals surface area contributed by atoms with Gasteiger partial charge < -0.3 is 9.32 Å². The summed E-state index contributed by atoms with van der Waals surface area (Å²) in [5.74, 6) is 2.11. The smallest absolute Gasteiger partial charge is 0.196 e. The summed E-state index contributed by atoms with van der Waals surface area (Å²) in [5.41, 5.74) is 0. The molecule has 0 spiro atoms. The second-order valence-corrected chi connectivity index (χ2v) is 5.22. The zero-order valence-electron chi connectivity index (χ0n) is 10.9. The molecule has 0 N–H and O–H groups in total. The maximum Gasteiger partial charge on any atom is 0.196 e. The van der Waals surface area contributed by atoms with Crippen LogP contribution in [0.4, 0.5) is 5.88 Å². The van der Waals surface area contributed by atoms with Crippen molar-refractivity contribution in [3.8, 4) is 0 Å². The minimum absolute atomic E-state index is 0.0121. The molecule has 1 saturated carbocycles. The lowest BCUT2D eigenvalue weighted by molar-refractivity contribution is 0.0987. The van der Waals surface area contributed by atoms with Crippen LogP contribution in [0.5, 0.6) is 0 Å². The van der Waals surface area contributed by atoms with E-state index in [1.807, 2.05) is 6.07 Å².